The number of aromatic amines is 1. The number of H-pyrrole nitrogens is 1. The molecule has 2 heterocycles. The number of halogens is 5. The fraction of sp³-hybridized carbons (Fsp3) is 0.0370. The predicted octanol–water partition coefficient (Wildman–Crippen LogP) is 5.37. The Morgan fingerprint density at radius 2 is 1.68 bits per heavy atom. The van der Waals surface area contributed by atoms with Crippen molar-refractivity contribution in [3.63, 3.8) is 0 Å². The van der Waals surface area contributed by atoms with E-state index in [-0.39, 0.29) is 32.6 Å². The highest BCUT2D eigenvalue weighted by Gasteiger charge is 2.29. The molecule has 0 unspecified atom stereocenters. The standard InChI is InChI=1S/C27H16ClF4N3O4S/c28-15-3-8-23-19(11-15)24(18-2-1-9-33-26(18)36)25(35(23)13-14-10-16(29)4-6-20(14)30)27(37)34-40(38,39)17-5-7-21(31)22(32)12-17/h1-12H,13H2,(H,33,36)(H,34,37). The first-order valence-electron chi connectivity index (χ1n) is 11.4. The van der Waals surface area contributed by atoms with Crippen LogP contribution in [-0.4, -0.2) is 23.9 Å². The van der Waals surface area contributed by atoms with Crippen LogP contribution >= 0.6 is 11.6 Å². The van der Waals surface area contributed by atoms with E-state index in [1.807, 2.05) is 0 Å². The zero-order valence-corrected chi connectivity index (χ0v) is 21.6. The molecule has 0 bridgehead atoms. The summed E-state index contributed by atoms with van der Waals surface area (Å²) in [5.74, 6) is -5.62. The van der Waals surface area contributed by atoms with Gasteiger partial charge >= 0.3 is 0 Å². The minimum Gasteiger partial charge on any atom is -0.331 e. The van der Waals surface area contributed by atoms with Crippen LogP contribution in [0.5, 0.6) is 0 Å². The Morgan fingerprint density at radius 1 is 0.925 bits per heavy atom. The highest BCUT2D eigenvalue weighted by molar-refractivity contribution is 7.90. The molecule has 2 N–H and O–H groups in total. The Hall–Kier alpha value is -4.42. The number of rotatable bonds is 6. The number of aromatic nitrogens is 2. The normalized spacial score (nSPS) is 11.6. The molecule has 0 saturated heterocycles. The summed E-state index contributed by atoms with van der Waals surface area (Å²) in [5.41, 5.74) is -1.10. The number of hydrogen-bond donors (Lipinski definition) is 2. The second-order valence-electron chi connectivity index (χ2n) is 8.63. The number of nitrogens with zero attached hydrogens (tertiary/aromatic N) is 1. The second-order valence-corrected chi connectivity index (χ2v) is 10.7. The average Bonchev–Trinajstić information content (AvgIpc) is 3.20. The van der Waals surface area contributed by atoms with Crippen LogP contribution in [-0.2, 0) is 16.6 Å². The van der Waals surface area contributed by atoms with Crippen molar-refractivity contribution in [3.05, 3.63) is 123 Å². The van der Waals surface area contributed by atoms with Crippen LogP contribution in [0.3, 0.4) is 0 Å². The number of hydrogen-bond acceptors (Lipinski definition) is 4. The van der Waals surface area contributed by atoms with E-state index in [0.717, 1.165) is 24.3 Å². The largest absolute Gasteiger partial charge is 0.331 e. The van der Waals surface area contributed by atoms with Gasteiger partial charge in [-0.1, -0.05) is 11.6 Å². The van der Waals surface area contributed by atoms with Crippen molar-refractivity contribution in [2.75, 3.05) is 0 Å². The molecule has 0 saturated carbocycles. The molecule has 0 spiro atoms. The summed E-state index contributed by atoms with van der Waals surface area (Å²) in [6, 6.07) is 11.6. The number of nitrogens with one attached hydrogen (secondary N) is 2. The molecule has 1 amide bonds. The molecular weight excluding hydrogens is 574 g/mol. The number of benzene rings is 3. The maximum absolute atomic E-state index is 14.7. The van der Waals surface area contributed by atoms with Gasteiger partial charge in [-0.15, -0.1) is 0 Å². The number of pyridine rings is 1. The van der Waals surface area contributed by atoms with Gasteiger partial charge in [0.1, 0.15) is 17.3 Å². The average molecular weight is 590 g/mol. The quantitative estimate of drug-likeness (QED) is 0.260. The zero-order valence-electron chi connectivity index (χ0n) is 20.0. The second kappa shape index (κ2) is 10.3. The van der Waals surface area contributed by atoms with E-state index in [9.17, 15) is 35.6 Å². The van der Waals surface area contributed by atoms with Gasteiger partial charge in [0.2, 0.25) is 0 Å². The van der Waals surface area contributed by atoms with E-state index in [1.54, 1.807) is 4.72 Å². The Morgan fingerprint density at radius 3 is 2.40 bits per heavy atom. The van der Waals surface area contributed by atoms with Crippen molar-refractivity contribution in [2.45, 2.75) is 11.4 Å². The smallest absolute Gasteiger partial charge is 0.282 e. The number of carbonyl (C=O) groups excluding carboxylic acids is 1. The van der Waals surface area contributed by atoms with Gasteiger partial charge in [-0.3, -0.25) is 9.59 Å². The number of sulfonamides is 1. The maximum Gasteiger partial charge on any atom is 0.282 e. The van der Waals surface area contributed by atoms with Gasteiger partial charge in [-0.2, -0.15) is 0 Å². The highest BCUT2D eigenvalue weighted by Crippen LogP contribution is 2.36. The van der Waals surface area contributed by atoms with Gasteiger partial charge in [0.15, 0.2) is 11.6 Å². The molecule has 0 aliphatic heterocycles. The molecule has 5 rings (SSSR count). The van der Waals surface area contributed by atoms with E-state index in [1.165, 1.54) is 41.1 Å². The predicted molar refractivity (Wildman–Crippen MR) is 139 cm³/mol. The fourth-order valence-corrected chi connectivity index (χ4v) is 5.46. The van der Waals surface area contributed by atoms with Crippen molar-refractivity contribution in [3.8, 4) is 11.1 Å². The summed E-state index contributed by atoms with van der Waals surface area (Å²) in [4.78, 5) is 28.3. The van der Waals surface area contributed by atoms with Gasteiger partial charge in [-0.05, 0) is 66.7 Å². The van der Waals surface area contributed by atoms with E-state index >= 15 is 0 Å². The monoisotopic (exact) mass is 589 g/mol. The molecule has 40 heavy (non-hydrogen) atoms. The van der Waals surface area contributed by atoms with Crippen LogP contribution < -0.4 is 10.3 Å². The van der Waals surface area contributed by atoms with Crippen LogP contribution in [0.4, 0.5) is 17.6 Å². The van der Waals surface area contributed by atoms with Crippen LogP contribution in [0.1, 0.15) is 16.1 Å². The third-order valence-electron chi connectivity index (χ3n) is 6.09. The zero-order chi connectivity index (χ0) is 28.8. The van der Waals surface area contributed by atoms with Crippen molar-refractivity contribution in [1.29, 1.82) is 0 Å². The fourth-order valence-electron chi connectivity index (χ4n) is 4.33. The SMILES string of the molecule is O=C(NS(=O)(=O)c1ccc(F)c(F)c1)c1c(-c2ccc[nH]c2=O)c2cc(Cl)ccc2n1Cc1cc(F)ccc1F. The minimum atomic E-state index is -4.77. The first-order chi connectivity index (χ1) is 19.0. The van der Waals surface area contributed by atoms with Gasteiger partial charge < -0.3 is 9.55 Å². The molecular formula is C27H16ClF4N3O4S. The molecule has 2 aromatic heterocycles. The molecule has 0 atom stereocenters. The lowest BCUT2D eigenvalue weighted by Gasteiger charge is -2.14. The van der Waals surface area contributed by atoms with Crippen LogP contribution in [0.15, 0.2) is 82.6 Å². The van der Waals surface area contributed by atoms with E-state index in [0.29, 0.717) is 12.1 Å². The third-order valence-corrected chi connectivity index (χ3v) is 7.66. The lowest BCUT2D eigenvalue weighted by Crippen LogP contribution is -2.33. The molecule has 5 aromatic rings. The molecule has 204 valence electrons. The van der Waals surface area contributed by atoms with Gasteiger partial charge in [0.25, 0.3) is 21.5 Å². The molecule has 13 heteroatoms. The molecule has 0 radical (unpaired) electrons. The number of fused-ring (bicyclic) bond motifs is 1. The van der Waals surface area contributed by atoms with E-state index in [2.05, 4.69) is 4.98 Å². The molecule has 0 aliphatic rings. The number of carbonyl (C=O) groups is 1. The summed E-state index contributed by atoms with van der Waals surface area (Å²) < 4.78 is 84.9. The summed E-state index contributed by atoms with van der Waals surface area (Å²) >= 11 is 6.21. The van der Waals surface area contributed by atoms with Crippen molar-refractivity contribution in [2.24, 2.45) is 0 Å². The minimum absolute atomic E-state index is 0.0471. The molecule has 3 aromatic carbocycles. The molecule has 0 fully saturated rings. The summed E-state index contributed by atoms with van der Waals surface area (Å²) in [6.45, 7) is -0.458. The van der Waals surface area contributed by atoms with Gasteiger partial charge in [0.05, 0.1) is 11.4 Å². The topological polar surface area (TPSA) is 101 Å². The van der Waals surface area contributed by atoms with Crippen LogP contribution in [0, 0.1) is 23.3 Å². The lowest BCUT2D eigenvalue weighted by atomic mass is 10.0. The maximum atomic E-state index is 14.7. The van der Waals surface area contributed by atoms with E-state index < -0.39 is 61.9 Å². The number of amides is 1. The molecule has 0 aliphatic carbocycles. The Bertz CT molecular complexity index is 1990. The van der Waals surface area contributed by atoms with Gasteiger partial charge in [0, 0.05) is 38.8 Å². The Balaban J connectivity index is 1.77. The van der Waals surface area contributed by atoms with Crippen molar-refractivity contribution < 1.29 is 30.8 Å². The van der Waals surface area contributed by atoms with E-state index in [4.69, 9.17) is 11.6 Å². The Labute approximate surface area is 228 Å². The van der Waals surface area contributed by atoms with Crippen LogP contribution in [0.25, 0.3) is 22.0 Å². The highest BCUT2D eigenvalue weighted by atomic mass is 35.5. The Kier molecular flexibility index (Phi) is 6.98. The van der Waals surface area contributed by atoms with Crippen molar-refractivity contribution in [1.82, 2.24) is 14.3 Å². The van der Waals surface area contributed by atoms with Crippen LogP contribution in [0.2, 0.25) is 5.02 Å². The molecule has 7 nitrogen and oxygen atoms in total. The first kappa shape index (κ1) is 27.2. The third kappa shape index (κ3) is 4.98. The van der Waals surface area contributed by atoms with Crippen molar-refractivity contribution >= 4 is 38.4 Å². The first-order valence-corrected chi connectivity index (χ1v) is 13.3. The summed E-state index contributed by atoms with van der Waals surface area (Å²) in [6.07, 6.45) is 1.34. The van der Waals surface area contributed by atoms with Gasteiger partial charge in [-0.25, -0.2) is 30.7 Å². The summed E-state index contributed by atoms with van der Waals surface area (Å²) in [5, 5.41) is 0.438. The lowest BCUT2D eigenvalue weighted by molar-refractivity contribution is 0.0974. The summed E-state index contributed by atoms with van der Waals surface area (Å²) in [7, 11) is -4.77.